The third-order valence-electron chi connectivity index (χ3n) is 4.47. The van der Waals surface area contributed by atoms with Gasteiger partial charge in [0.1, 0.15) is 6.04 Å². The van der Waals surface area contributed by atoms with Crippen molar-refractivity contribution in [1.29, 1.82) is 0 Å². The number of amides is 2. The number of benzene rings is 2. The smallest absolute Gasteiger partial charge is 0.253 e. The third kappa shape index (κ3) is 7.51. The van der Waals surface area contributed by atoms with Crippen LogP contribution in [0.5, 0.6) is 0 Å². The second-order valence-electron chi connectivity index (χ2n) is 7.16. The van der Waals surface area contributed by atoms with Gasteiger partial charge in [0, 0.05) is 18.1 Å². The summed E-state index contributed by atoms with van der Waals surface area (Å²) in [5.74, 6) is 0.122. The van der Waals surface area contributed by atoms with E-state index >= 15 is 0 Å². The largest absolute Gasteiger partial charge is 0.350 e. The predicted molar refractivity (Wildman–Crippen MR) is 126 cm³/mol. The standard InChI is InChI=1S/C22H27Cl2N3O2S/c1-27(2)14-16-7-5-4-6-15(16)13-25-22(29)20(10-11-30-3)26-21(28)18-9-8-17(23)12-19(18)24/h4-9,12,20H,10-11,13-14H2,1-3H3,(H,25,29)(H,26,28). The zero-order chi connectivity index (χ0) is 22.1. The van der Waals surface area contributed by atoms with Crippen LogP contribution in [0.3, 0.4) is 0 Å². The van der Waals surface area contributed by atoms with Gasteiger partial charge in [-0.1, -0.05) is 47.5 Å². The number of carbonyl (C=O) groups excluding carboxylic acids is 2. The molecule has 0 bridgehead atoms. The lowest BCUT2D eigenvalue weighted by Gasteiger charge is -2.20. The number of carbonyl (C=O) groups is 2. The Morgan fingerprint density at radius 1 is 1.10 bits per heavy atom. The van der Waals surface area contributed by atoms with Crippen molar-refractivity contribution in [2.75, 3.05) is 26.1 Å². The molecule has 0 aliphatic carbocycles. The Morgan fingerprint density at radius 3 is 2.43 bits per heavy atom. The van der Waals surface area contributed by atoms with Crippen molar-refractivity contribution in [2.24, 2.45) is 0 Å². The van der Waals surface area contributed by atoms with Crippen molar-refractivity contribution in [2.45, 2.75) is 25.6 Å². The molecular formula is C22H27Cl2N3O2S. The van der Waals surface area contributed by atoms with Gasteiger partial charge < -0.3 is 15.5 Å². The molecular weight excluding hydrogens is 441 g/mol. The number of nitrogens with one attached hydrogen (secondary N) is 2. The van der Waals surface area contributed by atoms with Crippen LogP contribution >= 0.6 is 35.0 Å². The molecule has 1 unspecified atom stereocenters. The molecule has 0 aliphatic heterocycles. The Kier molecular flexibility index (Phi) is 9.98. The highest BCUT2D eigenvalue weighted by molar-refractivity contribution is 7.98. The van der Waals surface area contributed by atoms with E-state index in [0.717, 1.165) is 23.4 Å². The Morgan fingerprint density at radius 2 is 1.80 bits per heavy atom. The molecule has 0 radical (unpaired) electrons. The number of hydrogen-bond acceptors (Lipinski definition) is 4. The minimum atomic E-state index is -0.655. The van der Waals surface area contributed by atoms with Crippen LogP contribution in [0.2, 0.25) is 10.0 Å². The van der Waals surface area contributed by atoms with Crippen LogP contribution in [0.25, 0.3) is 0 Å². The molecule has 2 amide bonds. The van der Waals surface area contributed by atoms with Gasteiger partial charge >= 0.3 is 0 Å². The zero-order valence-electron chi connectivity index (χ0n) is 17.4. The van der Waals surface area contributed by atoms with Crippen LogP contribution in [0, 0.1) is 0 Å². The van der Waals surface area contributed by atoms with E-state index in [1.807, 2.05) is 38.6 Å². The highest BCUT2D eigenvalue weighted by Gasteiger charge is 2.22. The van der Waals surface area contributed by atoms with Crippen molar-refractivity contribution >= 4 is 46.8 Å². The summed E-state index contributed by atoms with van der Waals surface area (Å²) in [4.78, 5) is 27.6. The number of hydrogen-bond donors (Lipinski definition) is 2. The number of thioether (sulfide) groups is 1. The summed E-state index contributed by atoms with van der Waals surface area (Å²) in [6, 6.07) is 12.0. The molecule has 0 saturated heterocycles. The van der Waals surface area contributed by atoms with Gasteiger partial charge in [-0.15, -0.1) is 0 Å². The molecule has 2 rings (SSSR count). The van der Waals surface area contributed by atoms with Crippen molar-refractivity contribution in [3.63, 3.8) is 0 Å². The fourth-order valence-electron chi connectivity index (χ4n) is 2.94. The summed E-state index contributed by atoms with van der Waals surface area (Å²) < 4.78 is 0. The average molecular weight is 468 g/mol. The molecule has 1 atom stereocenters. The zero-order valence-corrected chi connectivity index (χ0v) is 19.7. The summed E-state index contributed by atoms with van der Waals surface area (Å²) in [6.07, 6.45) is 2.48. The lowest BCUT2D eigenvalue weighted by Crippen LogP contribution is -2.47. The summed E-state index contributed by atoms with van der Waals surface area (Å²) in [5.41, 5.74) is 2.50. The van der Waals surface area contributed by atoms with Crippen LogP contribution in [-0.2, 0) is 17.9 Å². The van der Waals surface area contributed by atoms with Gasteiger partial charge in [0.05, 0.1) is 10.6 Å². The maximum atomic E-state index is 12.9. The van der Waals surface area contributed by atoms with Crippen LogP contribution in [0.1, 0.15) is 27.9 Å². The molecule has 0 spiro atoms. The molecule has 0 saturated carbocycles. The second-order valence-corrected chi connectivity index (χ2v) is 8.99. The molecule has 2 aromatic rings. The lowest BCUT2D eigenvalue weighted by molar-refractivity contribution is -0.123. The molecule has 0 fully saturated rings. The highest BCUT2D eigenvalue weighted by atomic mass is 35.5. The molecule has 162 valence electrons. The highest BCUT2D eigenvalue weighted by Crippen LogP contribution is 2.21. The average Bonchev–Trinajstić information content (AvgIpc) is 2.69. The van der Waals surface area contributed by atoms with Crippen LogP contribution in [-0.4, -0.2) is 48.9 Å². The fraction of sp³-hybridized carbons (Fsp3) is 0.364. The molecule has 0 aliphatic rings. The molecule has 8 heteroatoms. The van der Waals surface area contributed by atoms with Gasteiger partial charge in [0.15, 0.2) is 0 Å². The van der Waals surface area contributed by atoms with E-state index < -0.39 is 11.9 Å². The summed E-state index contributed by atoms with van der Waals surface area (Å²) in [6.45, 7) is 1.18. The van der Waals surface area contributed by atoms with E-state index in [-0.39, 0.29) is 10.9 Å². The quantitative estimate of drug-likeness (QED) is 0.548. The minimum absolute atomic E-state index is 0.220. The Bertz CT molecular complexity index is 877. The van der Waals surface area contributed by atoms with Gasteiger partial charge in [0.25, 0.3) is 5.91 Å². The SMILES string of the molecule is CSCCC(NC(=O)c1ccc(Cl)cc1Cl)C(=O)NCc1ccccc1CN(C)C. The Labute approximate surface area is 192 Å². The summed E-state index contributed by atoms with van der Waals surface area (Å²) in [5, 5.41) is 6.48. The van der Waals surface area contributed by atoms with Gasteiger partial charge in [0.2, 0.25) is 5.91 Å². The van der Waals surface area contributed by atoms with Crippen molar-refractivity contribution in [1.82, 2.24) is 15.5 Å². The maximum Gasteiger partial charge on any atom is 0.253 e. The monoisotopic (exact) mass is 467 g/mol. The van der Waals surface area contributed by atoms with E-state index in [4.69, 9.17) is 23.2 Å². The maximum absolute atomic E-state index is 12.9. The third-order valence-corrected chi connectivity index (χ3v) is 5.66. The molecule has 5 nitrogen and oxygen atoms in total. The first-order valence-electron chi connectivity index (χ1n) is 9.56. The van der Waals surface area contributed by atoms with Crippen molar-refractivity contribution in [3.05, 3.63) is 69.2 Å². The van der Waals surface area contributed by atoms with Crippen molar-refractivity contribution < 1.29 is 9.59 Å². The lowest BCUT2D eigenvalue weighted by atomic mass is 10.1. The summed E-state index contributed by atoms with van der Waals surface area (Å²) >= 11 is 13.7. The van der Waals surface area contributed by atoms with Gasteiger partial charge in [-0.3, -0.25) is 9.59 Å². The van der Waals surface area contributed by atoms with E-state index in [9.17, 15) is 9.59 Å². The van der Waals surface area contributed by atoms with E-state index in [2.05, 4.69) is 21.6 Å². The predicted octanol–water partition coefficient (Wildman–Crippen LogP) is 4.22. The number of nitrogens with zero attached hydrogens (tertiary/aromatic N) is 1. The second kappa shape index (κ2) is 12.2. The summed E-state index contributed by atoms with van der Waals surface area (Å²) in [7, 11) is 4.01. The Balaban J connectivity index is 2.07. The van der Waals surface area contributed by atoms with Gasteiger partial charge in [-0.25, -0.2) is 0 Å². The van der Waals surface area contributed by atoms with Crippen LogP contribution in [0.15, 0.2) is 42.5 Å². The normalized spacial score (nSPS) is 11.9. The van der Waals surface area contributed by atoms with Crippen LogP contribution < -0.4 is 10.6 Å². The molecule has 0 aromatic heterocycles. The number of halogens is 2. The first-order chi connectivity index (χ1) is 14.3. The number of rotatable bonds is 10. The van der Waals surface area contributed by atoms with Gasteiger partial charge in [-0.2, -0.15) is 11.8 Å². The van der Waals surface area contributed by atoms with Crippen LogP contribution in [0.4, 0.5) is 0 Å². The topological polar surface area (TPSA) is 61.4 Å². The molecule has 0 heterocycles. The van der Waals surface area contributed by atoms with E-state index in [0.29, 0.717) is 23.6 Å². The van der Waals surface area contributed by atoms with E-state index in [1.54, 1.807) is 23.9 Å². The van der Waals surface area contributed by atoms with Gasteiger partial charge in [-0.05, 0) is 61.9 Å². The van der Waals surface area contributed by atoms with Crippen molar-refractivity contribution in [3.8, 4) is 0 Å². The molecule has 2 aromatic carbocycles. The van der Waals surface area contributed by atoms with E-state index in [1.165, 1.54) is 6.07 Å². The molecule has 30 heavy (non-hydrogen) atoms. The first-order valence-corrected chi connectivity index (χ1v) is 11.7. The first kappa shape index (κ1) is 24.5. The minimum Gasteiger partial charge on any atom is -0.350 e. The molecule has 2 N–H and O–H groups in total. The fourth-order valence-corrected chi connectivity index (χ4v) is 3.91. The Hall–Kier alpha value is -1.73.